The van der Waals surface area contributed by atoms with Crippen molar-refractivity contribution >= 4 is 27.8 Å². The highest BCUT2D eigenvalue weighted by atomic mass is 79.9. The van der Waals surface area contributed by atoms with Crippen LogP contribution in [0.25, 0.3) is 0 Å². The highest BCUT2D eigenvalue weighted by molar-refractivity contribution is 9.10. The van der Waals surface area contributed by atoms with Gasteiger partial charge in [0.25, 0.3) is 0 Å². The van der Waals surface area contributed by atoms with Crippen LogP contribution in [0.3, 0.4) is 0 Å². The minimum atomic E-state index is -1.20. The summed E-state index contributed by atoms with van der Waals surface area (Å²) in [4.78, 5) is 24.7. The van der Waals surface area contributed by atoms with Gasteiger partial charge in [0.2, 0.25) is 5.91 Å². The summed E-state index contributed by atoms with van der Waals surface area (Å²) in [6, 6.07) is 7.79. The second-order valence-corrected chi connectivity index (χ2v) is 6.39. The van der Waals surface area contributed by atoms with E-state index in [1.807, 2.05) is 31.2 Å². The van der Waals surface area contributed by atoms with Crippen molar-refractivity contribution in [1.82, 2.24) is 4.90 Å². The number of carboxylic acids is 1. The van der Waals surface area contributed by atoms with Crippen LogP contribution < -0.4 is 0 Å². The molecule has 0 radical (unpaired) electrons. The predicted octanol–water partition coefficient (Wildman–Crippen LogP) is 3.26. The Morgan fingerprint density at radius 2 is 1.80 bits per heavy atom. The first kappa shape index (κ1) is 16.7. The smallest absolute Gasteiger partial charge is 0.329 e. The molecule has 5 heteroatoms. The second-order valence-electron chi connectivity index (χ2n) is 5.47. The molecule has 0 aliphatic carbocycles. The number of rotatable bonds is 5. The SMILES string of the molecule is CC(CC(=O)N(C)C(C)(C)C(=O)O)c1ccc(Br)cc1. The van der Waals surface area contributed by atoms with E-state index in [2.05, 4.69) is 15.9 Å². The maximum Gasteiger partial charge on any atom is 0.329 e. The topological polar surface area (TPSA) is 57.6 Å². The van der Waals surface area contributed by atoms with E-state index in [1.165, 1.54) is 25.8 Å². The maximum atomic E-state index is 12.2. The lowest BCUT2D eigenvalue weighted by Gasteiger charge is -2.32. The average molecular weight is 342 g/mol. The van der Waals surface area contributed by atoms with Gasteiger partial charge in [-0.15, -0.1) is 0 Å². The molecule has 1 aromatic rings. The van der Waals surface area contributed by atoms with Crippen molar-refractivity contribution in [1.29, 1.82) is 0 Å². The van der Waals surface area contributed by atoms with Gasteiger partial charge >= 0.3 is 5.97 Å². The van der Waals surface area contributed by atoms with Crippen LogP contribution in [0.4, 0.5) is 0 Å². The fourth-order valence-electron chi connectivity index (χ4n) is 1.76. The van der Waals surface area contributed by atoms with Crippen LogP contribution in [0.1, 0.15) is 38.7 Å². The van der Waals surface area contributed by atoms with Gasteiger partial charge in [0.15, 0.2) is 0 Å². The molecule has 0 heterocycles. The molecular formula is C15H20BrNO3. The summed E-state index contributed by atoms with van der Waals surface area (Å²) in [5.74, 6) is -1.14. The number of benzene rings is 1. The monoisotopic (exact) mass is 341 g/mol. The summed E-state index contributed by atoms with van der Waals surface area (Å²) in [6.45, 7) is 5.01. The predicted molar refractivity (Wildman–Crippen MR) is 81.7 cm³/mol. The fraction of sp³-hybridized carbons (Fsp3) is 0.467. The third kappa shape index (κ3) is 3.82. The number of amides is 1. The molecule has 0 aromatic heterocycles. The van der Waals surface area contributed by atoms with Crippen LogP contribution >= 0.6 is 15.9 Å². The number of aliphatic carboxylic acids is 1. The summed E-state index contributed by atoms with van der Waals surface area (Å²) < 4.78 is 0.990. The minimum absolute atomic E-state index is 0.0441. The Labute approximate surface area is 127 Å². The molecule has 1 amide bonds. The first-order valence-corrected chi connectivity index (χ1v) is 7.21. The van der Waals surface area contributed by atoms with Crippen LogP contribution in [0.15, 0.2) is 28.7 Å². The van der Waals surface area contributed by atoms with Gasteiger partial charge < -0.3 is 10.0 Å². The third-order valence-electron chi connectivity index (χ3n) is 3.66. The Balaban J connectivity index is 2.75. The van der Waals surface area contributed by atoms with Crippen LogP contribution in [0.5, 0.6) is 0 Å². The summed E-state index contributed by atoms with van der Waals surface area (Å²) in [6.07, 6.45) is 0.287. The van der Waals surface area contributed by atoms with Crippen LogP contribution in [-0.2, 0) is 9.59 Å². The van der Waals surface area contributed by atoms with Gasteiger partial charge in [0.05, 0.1) is 0 Å². The van der Waals surface area contributed by atoms with Crippen molar-refractivity contribution in [3.8, 4) is 0 Å². The Morgan fingerprint density at radius 3 is 2.25 bits per heavy atom. The average Bonchev–Trinajstić information content (AvgIpc) is 2.38. The Bertz CT molecular complexity index is 496. The summed E-state index contributed by atoms with van der Waals surface area (Å²) in [5, 5.41) is 9.14. The first-order chi connectivity index (χ1) is 9.16. The van der Waals surface area contributed by atoms with Gasteiger partial charge in [0, 0.05) is 17.9 Å². The van der Waals surface area contributed by atoms with E-state index in [1.54, 1.807) is 0 Å². The number of carbonyl (C=O) groups excluding carboxylic acids is 1. The molecule has 20 heavy (non-hydrogen) atoms. The zero-order valence-electron chi connectivity index (χ0n) is 12.2. The van der Waals surface area contributed by atoms with E-state index in [0.717, 1.165) is 10.0 Å². The zero-order chi connectivity index (χ0) is 15.5. The highest BCUT2D eigenvalue weighted by Crippen LogP contribution is 2.23. The zero-order valence-corrected chi connectivity index (χ0v) is 13.8. The summed E-state index contributed by atoms with van der Waals surface area (Å²) in [5.41, 5.74) is -0.139. The molecule has 4 nitrogen and oxygen atoms in total. The van der Waals surface area contributed by atoms with E-state index in [4.69, 9.17) is 5.11 Å². The number of halogens is 1. The van der Waals surface area contributed by atoms with E-state index < -0.39 is 11.5 Å². The molecular weight excluding hydrogens is 322 g/mol. The molecule has 0 bridgehead atoms. The molecule has 0 spiro atoms. The fourth-order valence-corrected chi connectivity index (χ4v) is 2.03. The van der Waals surface area contributed by atoms with E-state index in [-0.39, 0.29) is 18.2 Å². The molecule has 0 saturated carbocycles. The number of hydrogen-bond donors (Lipinski definition) is 1. The second kappa shape index (κ2) is 6.39. The van der Waals surface area contributed by atoms with Crippen LogP contribution in [0, 0.1) is 0 Å². The van der Waals surface area contributed by atoms with Gasteiger partial charge in [-0.3, -0.25) is 4.79 Å². The van der Waals surface area contributed by atoms with Gasteiger partial charge in [-0.2, -0.15) is 0 Å². The van der Waals surface area contributed by atoms with Crippen LogP contribution in [0.2, 0.25) is 0 Å². The number of likely N-dealkylation sites (N-methyl/N-ethyl adjacent to an activating group) is 1. The molecule has 1 unspecified atom stereocenters. The number of nitrogens with zero attached hydrogens (tertiary/aromatic N) is 1. The Hall–Kier alpha value is -1.36. The van der Waals surface area contributed by atoms with E-state index >= 15 is 0 Å². The van der Waals surface area contributed by atoms with Crippen LogP contribution in [-0.4, -0.2) is 34.5 Å². The van der Waals surface area contributed by atoms with Gasteiger partial charge in [-0.1, -0.05) is 35.0 Å². The lowest BCUT2D eigenvalue weighted by Crippen LogP contribution is -2.50. The number of carbonyl (C=O) groups is 2. The van der Waals surface area contributed by atoms with Gasteiger partial charge in [-0.05, 0) is 37.5 Å². The van der Waals surface area contributed by atoms with Crippen molar-refractivity contribution in [2.45, 2.75) is 38.6 Å². The Kier molecular flexibility index (Phi) is 5.34. The standard InChI is InChI=1S/C15H20BrNO3/c1-10(11-5-7-12(16)8-6-11)9-13(18)17(4)15(2,3)14(19)20/h5-8,10H,9H2,1-4H3,(H,19,20). The molecule has 0 aliphatic rings. The first-order valence-electron chi connectivity index (χ1n) is 6.41. The normalized spacial score (nSPS) is 12.8. The molecule has 0 fully saturated rings. The number of carboxylic acid groups (broad SMARTS) is 1. The number of hydrogen-bond acceptors (Lipinski definition) is 2. The van der Waals surface area contributed by atoms with Crippen molar-refractivity contribution in [3.05, 3.63) is 34.3 Å². The van der Waals surface area contributed by atoms with Crippen molar-refractivity contribution in [2.24, 2.45) is 0 Å². The van der Waals surface area contributed by atoms with Crippen molar-refractivity contribution < 1.29 is 14.7 Å². The molecule has 110 valence electrons. The van der Waals surface area contributed by atoms with Gasteiger partial charge in [-0.25, -0.2) is 4.79 Å². The minimum Gasteiger partial charge on any atom is -0.480 e. The summed E-state index contributed by atoms with van der Waals surface area (Å²) in [7, 11) is 1.53. The third-order valence-corrected chi connectivity index (χ3v) is 4.18. The molecule has 1 aromatic carbocycles. The largest absolute Gasteiger partial charge is 0.480 e. The lowest BCUT2D eigenvalue weighted by molar-refractivity contribution is -0.155. The Morgan fingerprint density at radius 1 is 1.30 bits per heavy atom. The lowest BCUT2D eigenvalue weighted by atomic mass is 9.95. The maximum absolute atomic E-state index is 12.2. The molecule has 1 atom stereocenters. The molecule has 1 rings (SSSR count). The summed E-state index contributed by atoms with van der Waals surface area (Å²) >= 11 is 3.37. The van der Waals surface area contributed by atoms with E-state index in [9.17, 15) is 9.59 Å². The van der Waals surface area contributed by atoms with E-state index in [0.29, 0.717) is 0 Å². The molecule has 0 saturated heterocycles. The van der Waals surface area contributed by atoms with Gasteiger partial charge in [0.1, 0.15) is 5.54 Å². The quantitative estimate of drug-likeness (QED) is 0.894. The highest BCUT2D eigenvalue weighted by Gasteiger charge is 2.35. The van der Waals surface area contributed by atoms with Crippen molar-refractivity contribution in [3.63, 3.8) is 0 Å². The molecule has 0 aliphatic heterocycles. The van der Waals surface area contributed by atoms with Crippen molar-refractivity contribution in [2.75, 3.05) is 7.05 Å². The molecule has 1 N–H and O–H groups in total.